The zero-order valence-electron chi connectivity index (χ0n) is 18.1. The quantitative estimate of drug-likeness (QED) is 0.589. The molecule has 2 aliphatic rings. The number of alkyl halides is 7. The molecule has 35 heavy (non-hydrogen) atoms. The van der Waals surface area contributed by atoms with Gasteiger partial charge in [-0.25, -0.2) is 22.2 Å². The molecular formula is C20H21F7N6O2. The summed E-state index contributed by atoms with van der Waals surface area (Å²) in [6, 6.07) is 2.06. The standard InChI is InChI=1S/C20H21F7N6O2/c21-16(22)13-4-8-33(31-13)18-29-14(28-11-1-5-19(23,24)6-2-11)9-15(30-18)35-12-3-7-32(10-12)17(34)20(25,26)27/h4,8-9,11-12,16H,1-3,5-7,10H2,(H,28,29,30). The lowest BCUT2D eigenvalue weighted by molar-refractivity contribution is -0.184. The first kappa shape index (κ1) is 25.0. The Kier molecular flexibility index (Phi) is 6.77. The van der Waals surface area contributed by atoms with Crippen molar-refractivity contribution in [2.45, 2.75) is 62.8 Å². The zero-order chi connectivity index (χ0) is 25.4. The molecule has 15 heteroatoms. The van der Waals surface area contributed by atoms with Crippen molar-refractivity contribution in [3.05, 3.63) is 24.0 Å². The number of nitrogens with one attached hydrogen (secondary N) is 1. The Labute approximate surface area is 194 Å². The van der Waals surface area contributed by atoms with Crippen LogP contribution in [-0.2, 0) is 4.79 Å². The molecule has 8 nitrogen and oxygen atoms in total. The van der Waals surface area contributed by atoms with E-state index in [0.29, 0.717) is 4.90 Å². The second-order valence-electron chi connectivity index (χ2n) is 8.43. The summed E-state index contributed by atoms with van der Waals surface area (Å²) in [6.07, 6.45) is -7.64. The number of carbonyl (C=O) groups excluding carboxylic acids is 1. The van der Waals surface area contributed by atoms with E-state index in [-0.39, 0.29) is 68.9 Å². The van der Waals surface area contributed by atoms with Gasteiger partial charge in [-0.05, 0) is 18.9 Å². The monoisotopic (exact) mass is 510 g/mol. The van der Waals surface area contributed by atoms with Crippen LogP contribution in [0.4, 0.5) is 36.6 Å². The largest absolute Gasteiger partial charge is 0.472 e. The van der Waals surface area contributed by atoms with E-state index in [1.54, 1.807) is 0 Å². The highest BCUT2D eigenvalue weighted by atomic mass is 19.4. The number of rotatable bonds is 6. The van der Waals surface area contributed by atoms with Gasteiger partial charge >= 0.3 is 12.1 Å². The summed E-state index contributed by atoms with van der Waals surface area (Å²) in [5, 5.41) is 6.71. The molecule has 2 fully saturated rings. The number of amides is 1. The molecule has 1 saturated heterocycles. The van der Waals surface area contributed by atoms with Gasteiger partial charge in [-0.2, -0.15) is 28.2 Å². The summed E-state index contributed by atoms with van der Waals surface area (Å²) < 4.78 is 97.7. The van der Waals surface area contributed by atoms with Crippen molar-refractivity contribution in [3.8, 4) is 11.8 Å². The minimum absolute atomic E-state index is 0.0981. The van der Waals surface area contributed by atoms with Crippen LogP contribution in [0, 0.1) is 0 Å². The van der Waals surface area contributed by atoms with Crippen LogP contribution in [0.15, 0.2) is 18.3 Å². The molecule has 2 aromatic heterocycles. The maximum absolute atomic E-state index is 13.5. The van der Waals surface area contributed by atoms with Crippen LogP contribution in [0.1, 0.15) is 44.2 Å². The van der Waals surface area contributed by atoms with Crippen molar-refractivity contribution in [3.63, 3.8) is 0 Å². The highest BCUT2D eigenvalue weighted by molar-refractivity contribution is 5.82. The van der Waals surface area contributed by atoms with Crippen LogP contribution in [0.5, 0.6) is 5.88 Å². The average Bonchev–Trinajstić information content (AvgIpc) is 3.44. The Balaban J connectivity index is 1.54. The van der Waals surface area contributed by atoms with Crippen molar-refractivity contribution in [1.82, 2.24) is 24.6 Å². The van der Waals surface area contributed by atoms with Crippen molar-refractivity contribution in [2.75, 3.05) is 18.4 Å². The van der Waals surface area contributed by atoms with Gasteiger partial charge in [0.2, 0.25) is 11.8 Å². The van der Waals surface area contributed by atoms with E-state index in [2.05, 4.69) is 20.4 Å². The van der Waals surface area contributed by atoms with Gasteiger partial charge in [-0.15, -0.1) is 0 Å². The Morgan fingerprint density at radius 3 is 2.51 bits per heavy atom. The van der Waals surface area contributed by atoms with Gasteiger partial charge in [0.15, 0.2) is 0 Å². The first-order chi connectivity index (χ1) is 16.4. The van der Waals surface area contributed by atoms with E-state index >= 15 is 0 Å². The minimum Gasteiger partial charge on any atom is -0.472 e. The van der Waals surface area contributed by atoms with Crippen LogP contribution in [0.25, 0.3) is 5.95 Å². The van der Waals surface area contributed by atoms with E-state index in [4.69, 9.17) is 4.74 Å². The molecule has 0 spiro atoms. The van der Waals surface area contributed by atoms with Crippen LogP contribution >= 0.6 is 0 Å². The van der Waals surface area contributed by atoms with Crippen molar-refractivity contribution in [2.24, 2.45) is 0 Å². The molecule has 1 atom stereocenters. The van der Waals surface area contributed by atoms with Crippen LogP contribution in [-0.4, -0.2) is 67.9 Å². The molecule has 1 aliphatic carbocycles. The number of aromatic nitrogens is 4. The number of halogens is 7. The highest BCUT2D eigenvalue weighted by Gasteiger charge is 2.45. The molecule has 1 N–H and O–H groups in total. The molecular weight excluding hydrogens is 489 g/mol. The zero-order valence-corrected chi connectivity index (χ0v) is 18.1. The fraction of sp³-hybridized carbons (Fsp3) is 0.600. The average molecular weight is 510 g/mol. The third kappa shape index (κ3) is 6.11. The number of anilines is 1. The van der Waals surface area contributed by atoms with E-state index in [0.717, 1.165) is 10.7 Å². The van der Waals surface area contributed by atoms with Gasteiger partial charge in [0.25, 0.3) is 12.4 Å². The lowest BCUT2D eigenvalue weighted by atomic mass is 9.92. The summed E-state index contributed by atoms with van der Waals surface area (Å²) in [4.78, 5) is 20.4. The number of carbonyl (C=O) groups is 1. The number of hydrogen-bond acceptors (Lipinski definition) is 6. The van der Waals surface area contributed by atoms with E-state index in [1.165, 1.54) is 12.3 Å². The third-order valence-electron chi connectivity index (χ3n) is 5.76. The lowest BCUT2D eigenvalue weighted by Crippen LogP contribution is -2.40. The third-order valence-corrected chi connectivity index (χ3v) is 5.76. The second kappa shape index (κ2) is 9.49. The molecule has 1 unspecified atom stereocenters. The Morgan fingerprint density at radius 1 is 1.17 bits per heavy atom. The Bertz CT molecular complexity index is 1050. The minimum atomic E-state index is -5.01. The maximum atomic E-state index is 13.5. The summed E-state index contributed by atoms with van der Waals surface area (Å²) in [5.74, 6) is -4.83. The molecule has 1 aliphatic heterocycles. The van der Waals surface area contributed by atoms with Gasteiger partial charge in [-0.3, -0.25) is 4.79 Å². The Hall–Kier alpha value is -3.13. The molecule has 3 heterocycles. The van der Waals surface area contributed by atoms with Crippen molar-refractivity contribution in [1.29, 1.82) is 0 Å². The summed E-state index contributed by atoms with van der Waals surface area (Å²) in [6.45, 7) is -0.491. The SMILES string of the molecule is O=C(N1CCC(Oc2cc(NC3CCC(F)(F)CC3)nc(-n3ccc(C(F)F)n3)n2)C1)C(F)(F)F. The normalized spacial score (nSPS) is 20.9. The topological polar surface area (TPSA) is 85.2 Å². The van der Waals surface area contributed by atoms with Gasteiger partial charge in [0.1, 0.15) is 17.6 Å². The van der Waals surface area contributed by atoms with E-state index in [1.807, 2.05) is 0 Å². The molecule has 2 aromatic rings. The first-order valence-corrected chi connectivity index (χ1v) is 10.8. The molecule has 0 radical (unpaired) electrons. The van der Waals surface area contributed by atoms with Crippen LogP contribution < -0.4 is 10.1 Å². The molecule has 4 rings (SSSR count). The summed E-state index contributed by atoms with van der Waals surface area (Å²) in [7, 11) is 0. The van der Waals surface area contributed by atoms with Crippen molar-refractivity contribution >= 4 is 11.7 Å². The van der Waals surface area contributed by atoms with Gasteiger partial charge in [0.05, 0.1) is 6.54 Å². The molecule has 1 amide bonds. The lowest BCUT2D eigenvalue weighted by Gasteiger charge is -2.29. The fourth-order valence-electron chi connectivity index (χ4n) is 3.97. The molecule has 0 bridgehead atoms. The predicted molar refractivity (Wildman–Crippen MR) is 107 cm³/mol. The molecule has 0 aromatic carbocycles. The fourth-order valence-corrected chi connectivity index (χ4v) is 3.97. The smallest absolute Gasteiger partial charge is 0.471 e. The first-order valence-electron chi connectivity index (χ1n) is 10.8. The van der Waals surface area contributed by atoms with Gasteiger partial charge in [-0.1, -0.05) is 0 Å². The Morgan fingerprint density at radius 2 is 1.89 bits per heavy atom. The number of nitrogens with zero attached hydrogens (tertiary/aromatic N) is 5. The second-order valence-corrected chi connectivity index (χ2v) is 8.43. The van der Waals surface area contributed by atoms with Crippen molar-refractivity contribution < 1.29 is 40.3 Å². The number of hydrogen-bond donors (Lipinski definition) is 1. The summed E-state index contributed by atoms with van der Waals surface area (Å²) in [5.41, 5.74) is -0.527. The maximum Gasteiger partial charge on any atom is 0.471 e. The predicted octanol–water partition coefficient (Wildman–Crippen LogP) is 4.13. The summed E-state index contributed by atoms with van der Waals surface area (Å²) >= 11 is 0. The molecule has 1 saturated carbocycles. The van der Waals surface area contributed by atoms with E-state index < -0.39 is 36.2 Å². The van der Waals surface area contributed by atoms with Gasteiger partial charge < -0.3 is 15.0 Å². The number of likely N-dealkylation sites (tertiary alicyclic amines) is 1. The van der Waals surface area contributed by atoms with E-state index in [9.17, 15) is 35.5 Å². The van der Waals surface area contributed by atoms with Crippen LogP contribution in [0.3, 0.4) is 0 Å². The van der Waals surface area contributed by atoms with Gasteiger partial charge in [0, 0.05) is 44.1 Å². The number of ether oxygens (including phenoxy) is 1. The highest BCUT2D eigenvalue weighted by Crippen LogP contribution is 2.34. The molecule has 192 valence electrons. The van der Waals surface area contributed by atoms with Crippen LogP contribution in [0.2, 0.25) is 0 Å².